The Morgan fingerprint density at radius 2 is 1.57 bits per heavy atom. The predicted octanol–water partition coefficient (Wildman–Crippen LogP) is 3.89. The number of pyridine rings is 2. The van der Waals surface area contributed by atoms with Crippen molar-refractivity contribution in [2.24, 2.45) is 0 Å². The molecule has 0 aliphatic carbocycles. The third kappa shape index (κ3) is 3.16. The molecule has 4 heteroatoms. The number of hydrogen-bond acceptors (Lipinski definition) is 4. The molecule has 2 heterocycles. The van der Waals surface area contributed by atoms with Crippen LogP contribution in [-0.4, -0.2) is 31.2 Å². The van der Waals surface area contributed by atoms with Gasteiger partial charge in [0.1, 0.15) is 5.82 Å². The number of rotatable bonds is 4. The molecule has 0 N–H and O–H groups in total. The highest BCUT2D eigenvalue weighted by Gasteiger charge is 2.11. The van der Waals surface area contributed by atoms with Gasteiger partial charge < -0.3 is 9.64 Å². The molecule has 3 aromatic rings. The van der Waals surface area contributed by atoms with Gasteiger partial charge in [-0.1, -0.05) is 30.3 Å². The summed E-state index contributed by atoms with van der Waals surface area (Å²) in [5.74, 6) is 1.52. The molecule has 0 amide bonds. The molecule has 2 aromatic heterocycles. The molecule has 0 spiro atoms. The molecule has 0 bridgehead atoms. The maximum absolute atomic E-state index is 5.14. The van der Waals surface area contributed by atoms with E-state index in [2.05, 4.69) is 28.2 Å². The topological polar surface area (TPSA) is 38.2 Å². The average Bonchev–Trinajstić information content (AvgIpc) is 2.62. The first-order valence-electron chi connectivity index (χ1n) is 7.42. The first-order valence-corrected chi connectivity index (χ1v) is 7.42. The number of benzene rings is 1. The zero-order chi connectivity index (χ0) is 16.2. The summed E-state index contributed by atoms with van der Waals surface area (Å²) in [6.45, 7) is 0. The van der Waals surface area contributed by atoms with Crippen molar-refractivity contribution < 1.29 is 4.74 Å². The van der Waals surface area contributed by atoms with Crippen molar-refractivity contribution in [3.05, 3.63) is 60.9 Å². The van der Waals surface area contributed by atoms with Crippen molar-refractivity contribution in [1.82, 2.24) is 9.97 Å². The minimum atomic E-state index is 0.604. The van der Waals surface area contributed by atoms with E-state index in [0.717, 1.165) is 28.1 Å². The zero-order valence-electron chi connectivity index (χ0n) is 13.5. The van der Waals surface area contributed by atoms with Crippen LogP contribution in [0.15, 0.2) is 60.9 Å². The van der Waals surface area contributed by atoms with Gasteiger partial charge in [0, 0.05) is 49.2 Å². The molecule has 4 nitrogen and oxygen atoms in total. The van der Waals surface area contributed by atoms with E-state index >= 15 is 0 Å². The highest BCUT2D eigenvalue weighted by Crippen LogP contribution is 2.32. The second-order valence-corrected chi connectivity index (χ2v) is 5.44. The minimum Gasteiger partial charge on any atom is -0.481 e. The molecule has 0 unspecified atom stereocenters. The van der Waals surface area contributed by atoms with E-state index in [-0.39, 0.29) is 0 Å². The molecule has 0 aliphatic heterocycles. The molecule has 116 valence electrons. The molecule has 0 fully saturated rings. The van der Waals surface area contributed by atoms with Gasteiger partial charge in [-0.3, -0.25) is 0 Å². The number of nitrogens with zero attached hydrogens (tertiary/aromatic N) is 3. The van der Waals surface area contributed by atoms with Crippen molar-refractivity contribution in [3.63, 3.8) is 0 Å². The fourth-order valence-corrected chi connectivity index (χ4v) is 2.48. The molecule has 3 rings (SSSR count). The van der Waals surface area contributed by atoms with Crippen LogP contribution < -0.4 is 9.64 Å². The Kier molecular flexibility index (Phi) is 4.24. The van der Waals surface area contributed by atoms with Crippen LogP contribution in [0.1, 0.15) is 0 Å². The van der Waals surface area contributed by atoms with E-state index in [4.69, 9.17) is 4.74 Å². The van der Waals surface area contributed by atoms with Crippen LogP contribution in [-0.2, 0) is 0 Å². The van der Waals surface area contributed by atoms with Gasteiger partial charge in [0.2, 0.25) is 5.88 Å². The second kappa shape index (κ2) is 6.48. The van der Waals surface area contributed by atoms with Crippen molar-refractivity contribution >= 4 is 5.82 Å². The number of ether oxygens (including phenoxy) is 1. The van der Waals surface area contributed by atoms with Crippen LogP contribution in [0.2, 0.25) is 0 Å². The Bertz CT molecular complexity index is 783. The molecule has 1 aromatic carbocycles. The van der Waals surface area contributed by atoms with Crippen LogP contribution in [0.3, 0.4) is 0 Å². The third-order valence-electron chi connectivity index (χ3n) is 3.65. The van der Waals surface area contributed by atoms with Crippen molar-refractivity contribution in [3.8, 4) is 28.1 Å². The first kappa shape index (κ1) is 15.0. The van der Waals surface area contributed by atoms with E-state index in [1.54, 1.807) is 7.11 Å². The summed E-state index contributed by atoms with van der Waals surface area (Å²) in [6, 6.07) is 16.3. The number of hydrogen-bond donors (Lipinski definition) is 0. The van der Waals surface area contributed by atoms with Gasteiger partial charge in [-0.15, -0.1) is 0 Å². The third-order valence-corrected chi connectivity index (χ3v) is 3.65. The van der Waals surface area contributed by atoms with Crippen LogP contribution in [0.4, 0.5) is 5.82 Å². The summed E-state index contributed by atoms with van der Waals surface area (Å²) in [5.41, 5.74) is 4.29. The quantitative estimate of drug-likeness (QED) is 0.733. The lowest BCUT2D eigenvalue weighted by molar-refractivity contribution is 0.398. The highest BCUT2D eigenvalue weighted by atomic mass is 16.5. The molecular weight excluding hydrogens is 286 g/mol. The molecule has 23 heavy (non-hydrogen) atoms. The molecule has 0 saturated carbocycles. The predicted molar refractivity (Wildman–Crippen MR) is 93.8 cm³/mol. The van der Waals surface area contributed by atoms with Gasteiger partial charge in [0.15, 0.2) is 0 Å². The summed E-state index contributed by atoms with van der Waals surface area (Å²) in [4.78, 5) is 11.0. The number of anilines is 1. The van der Waals surface area contributed by atoms with Gasteiger partial charge in [0.05, 0.1) is 7.11 Å². The van der Waals surface area contributed by atoms with Crippen LogP contribution in [0.5, 0.6) is 5.88 Å². The second-order valence-electron chi connectivity index (χ2n) is 5.44. The SMILES string of the molecule is COc1ccc(-c2cc(-c3ccccc3)cnc2N(C)C)cn1. The average molecular weight is 305 g/mol. The normalized spacial score (nSPS) is 10.4. The maximum Gasteiger partial charge on any atom is 0.212 e. The van der Waals surface area contributed by atoms with Gasteiger partial charge in [-0.05, 0) is 17.7 Å². The lowest BCUT2D eigenvalue weighted by atomic mass is 10.0. The van der Waals surface area contributed by atoms with Crippen molar-refractivity contribution in [1.29, 1.82) is 0 Å². The van der Waals surface area contributed by atoms with E-state index in [0.29, 0.717) is 5.88 Å². The number of aromatic nitrogens is 2. The first-order chi connectivity index (χ1) is 11.2. The fourth-order valence-electron chi connectivity index (χ4n) is 2.48. The van der Waals surface area contributed by atoms with Gasteiger partial charge in [0.25, 0.3) is 0 Å². The van der Waals surface area contributed by atoms with Gasteiger partial charge >= 0.3 is 0 Å². The Morgan fingerprint density at radius 1 is 0.826 bits per heavy atom. The summed E-state index contributed by atoms with van der Waals surface area (Å²) in [6.07, 6.45) is 3.72. The Hall–Kier alpha value is -2.88. The zero-order valence-corrected chi connectivity index (χ0v) is 13.5. The summed E-state index contributed by atoms with van der Waals surface area (Å²) in [5, 5.41) is 0. The Labute approximate surface area is 136 Å². The lowest BCUT2D eigenvalue weighted by Gasteiger charge is -2.17. The summed E-state index contributed by atoms with van der Waals surface area (Å²) in [7, 11) is 5.60. The fraction of sp³-hybridized carbons (Fsp3) is 0.158. The smallest absolute Gasteiger partial charge is 0.212 e. The van der Waals surface area contributed by atoms with E-state index in [1.165, 1.54) is 0 Å². The molecule has 0 saturated heterocycles. The highest BCUT2D eigenvalue weighted by molar-refractivity contribution is 5.80. The van der Waals surface area contributed by atoms with Crippen molar-refractivity contribution in [2.45, 2.75) is 0 Å². The van der Waals surface area contributed by atoms with Crippen LogP contribution in [0, 0.1) is 0 Å². The summed E-state index contributed by atoms with van der Waals surface area (Å²) >= 11 is 0. The molecule has 0 radical (unpaired) electrons. The van der Waals surface area contributed by atoms with E-state index in [1.807, 2.05) is 61.7 Å². The van der Waals surface area contributed by atoms with Gasteiger partial charge in [-0.2, -0.15) is 0 Å². The molecule has 0 aliphatic rings. The minimum absolute atomic E-state index is 0.604. The van der Waals surface area contributed by atoms with Crippen LogP contribution in [0.25, 0.3) is 22.3 Å². The monoisotopic (exact) mass is 305 g/mol. The van der Waals surface area contributed by atoms with E-state index < -0.39 is 0 Å². The lowest BCUT2D eigenvalue weighted by Crippen LogP contribution is -2.12. The van der Waals surface area contributed by atoms with Gasteiger partial charge in [-0.25, -0.2) is 9.97 Å². The summed E-state index contributed by atoms with van der Waals surface area (Å²) < 4.78 is 5.14. The largest absolute Gasteiger partial charge is 0.481 e. The number of methoxy groups -OCH3 is 1. The molecular formula is C19H19N3O. The van der Waals surface area contributed by atoms with Crippen LogP contribution >= 0.6 is 0 Å². The standard InChI is InChI=1S/C19H19N3O/c1-22(2)19-17(15-9-10-18(23-3)20-12-15)11-16(13-21-19)14-7-5-4-6-8-14/h4-13H,1-3H3. The van der Waals surface area contributed by atoms with Crippen molar-refractivity contribution in [2.75, 3.05) is 26.1 Å². The molecule has 0 atom stereocenters. The maximum atomic E-state index is 5.14. The Morgan fingerprint density at radius 3 is 2.17 bits per heavy atom. The Balaban J connectivity index is 2.11. The van der Waals surface area contributed by atoms with E-state index in [9.17, 15) is 0 Å².